The summed E-state index contributed by atoms with van der Waals surface area (Å²) >= 11 is 1.84. The fourth-order valence-electron chi connectivity index (χ4n) is 8.60. The zero-order valence-corrected chi connectivity index (χ0v) is 31.2. The van der Waals surface area contributed by atoms with Gasteiger partial charge >= 0.3 is 0 Å². The first-order valence-corrected chi connectivity index (χ1v) is 19.8. The molecule has 0 spiro atoms. The van der Waals surface area contributed by atoms with Gasteiger partial charge in [-0.2, -0.15) is 9.97 Å². The molecule has 0 amide bonds. The average Bonchev–Trinajstić information content (AvgIpc) is 3.96. The van der Waals surface area contributed by atoms with Crippen LogP contribution in [0.1, 0.15) is 0 Å². The van der Waals surface area contributed by atoms with Crippen molar-refractivity contribution < 1.29 is 4.42 Å². The van der Waals surface area contributed by atoms with E-state index in [1.54, 1.807) is 0 Å². The van der Waals surface area contributed by atoms with Crippen LogP contribution in [0.25, 0.3) is 115 Å². The van der Waals surface area contributed by atoms with E-state index >= 15 is 0 Å². The van der Waals surface area contributed by atoms with Gasteiger partial charge in [-0.25, -0.2) is 4.98 Å². The Morgan fingerprint density at radius 1 is 0.386 bits per heavy atom. The highest BCUT2D eigenvalue weighted by atomic mass is 32.1. The highest BCUT2D eigenvalue weighted by Gasteiger charge is 2.21. The van der Waals surface area contributed by atoms with Crippen molar-refractivity contribution >= 4 is 75.3 Å². The van der Waals surface area contributed by atoms with E-state index in [4.69, 9.17) is 19.4 Å². The van der Waals surface area contributed by atoms with Crippen LogP contribution in [0.15, 0.2) is 186 Å². The van der Waals surface area contributed by atoms with Gasteiger partial charge in [0.2, 0.25) is 5.95 Å². The lowest BCUT2D eigenvalue weighted by molar-refractivity contribution is 0.669. The summed E-state index contributed by atoms with van der Waals surface area (Å²) < 4.78 is 11.4. The van der Waals surface area contributed by atoms with Gasteiger partial charge in [0.15, 0.2) is 11.6 Å². The fraction of sp³-hybridized carbons (Fsp3) is 0. The Morgan fingerprint density at radius 2 is 0.912 bits per heavy atom. The third-order valence-corrected chi connectivity index (χ3v) is 12.2. The summed E-state index contributed by atoms with van der Waals surface area (Å²) in [6, 6.07) is 63.7. The number of benzene rings is 8. The Bertz CT molecular complexity index is 3490. The van der Waals surface area contributed by atoms with Crippen molar-refractivity contribution in [3.05, 3.63) is 182 Å². The van der Waals surface area contributed by atoms with E-state index in [0.717, 1.165) is 71.6 Å². The normalized spacial score (nSPS) is 11.9. The molecule has 0 saturated heterocycles. The minimum Gasteiger partial charge on any atom is -0.456 e. The van der Waals surface area contributed by atoms with Crippen LogP contribution in [0.5, 0.6) is 0 Å². The molecule has 0 aliphatic rings. The highest BCUT2D eigenvalue weighted by Crippen LogP contribution is 2.46. The third kappa shape index (κ3) is 4.98. The van der Waals surface area contributed by atoms with E-state index in [-0.39, 0.29) is 0 Å². The molecular weight excluding hydrogens is 717 g/mol. The van der Waals surface area contributed by atoms with Crippen molar-refractivity contribution in [2.45, 2.75) is 0 Å². The molecular formula is C51H30N4OS. The second kappa shape index (κ2) is 12.6. The number of para-hydroxylation sites is 2. The number of hydrogen-bond donors (Lipinski definition) is 0. The van der Waals surface area contributed by atoms with E-state index in [1.807, 2.05) is 41.7 Å². The second-order valence-electron chi connectivity index (χ2n) is 14.3. The molecule has 0 unspecified atom stereocenters. The van der Waals surface area contributed by atoms with E-state index < -0.39 is 0 Å². The van der Waals surface area contributed by atoms with Gasteiger partial charge in [0.25, 0.3) is 0 Å². The molecule has 4 aromatic heterocycles. The predicted molar refractivity (Wildman–Crippen MR) is 236 cm³/mol. The lowest BCUT2D eigenvalue weighted by Gasteiger charge is -2.12. The summed E-state index contributed by atoms with van der Waals surface area (Å²) in [7, 11) is 0. The minimum atomic E-state index is 0.573. The average molecular weight is 747 g/mol. The quantitative estimate of drug-likeness (QED) is 0.176. The fourth-order valence-corrected chi connectivity index (χ4v) is 9.74. The Morgan fingerprint density at radius 3 is 1.67 bits per heavy atom. The summed E-state index contributed by atoms with van der Waals surface area (Å²) in [4.78, 5) is 15.5. The summed E-state index contributed by atoms with van der Waals surface area (Å²) in [5.41, 5.74) is 10.1. The van der Waals surface area contributed by atoms with Gasteiger partial charge in [0.1, 0.15) is 11.2 Å². The minimum absolute atomic E-state index is 0.573. The van der Waals surface area contributed by atoms with Crippen LogP contribution >= 0.6 is 11.3 Å². The zero-order chi connectivity index (χ0) is 37.5. The molecule has 6 heteroatoms. The van der Waals surface area contributed by atoms with Crippen molar-refractivity contribution in [3.8, 4) is 51.0 Å². The summed E-state index contributed by atoms with van der Waals surface area (Å²) in [6.07, 6.45) is 0. The number of nitrogens with zero attached hydrogens (tertiary/aromatic N) is 4. The topological polar surface area (TPSA) is 56.7 Å². The van der Waals surface area contributed by atoms with Gasteiger partial charge < -0.3 is 4.42 Å². The maximum absolute atomic E-state index is 6.63. The molecule has 4 heterocycles. The standard InChI is InChI=1S/C51H30N4OS/c1-2-14-31(15-3-1)49-52-50(54-51(53-49)55-40-24-7-4-18-35(40)36-19-5-8-25-41(36)55)33-17-10-16-32(30-33)34-21-11-26-42-47(34)48-38(22-12-27-43(48)56-42)37-23-13-29-45-46(37)39-20-6-9-28-44(39)57-45/h1-30H. The second-order valence-corrected chi connectivity index (χ2v) is 15.4. The summed E-state index contributed by atoms with van der Waals surface area (Å²) in [5.74, 6) is 1.79. The smallest absolute Gasteiger partial charge is 0.238 e. The highest BCUT2D eigenvalue weighted by molar-refractivity contribution is 7.25. The lowest BCUT2D eigenvalue weighted by Crippen LogP contribution is -2.06. The first kappa shape index (κ1) is 31.9. The Hall–Kier alpha value is -7.41. The maximum atomic E-state index is 6.63. The van der Waals surface area contributed by atoms with Gasteiger partial charge in [-0.3, -0.25) is 4.57 Å². The predicted octanol–water partition coefficient (Wildman–Crippen LogP) is 13.9. The van der Waals surface area contributed by atoms with Crippen LogP contribution in [-0.4, -0.2) is 19.5 Å². The molecule has 0 fully saturated rings. The van der Waals surface area contributed by atoms with Gasteiger partial charge in [0.05, 0.1) is 11.0 Å². The van der Waals surface area contributed by atoms with Gasteiger partial charge in [-0.1, -0.05) is 140 Å². The van der Waals surface area contributed by atoms with E-state index in [1.165, 1.54) is 25.7 Å². The van der Waals surface area contributed by atoms with Crippen LogP contribution in [0.3, 0.4) is 0 Å². The number of hydrogen-bond acceptors (Lipinski definition) is 5. The van der Waals surface area contributed by atoms with Gasteiger partial charge in [-0.05, 0) is 64.7 Å². The van der Waals surface area contributed by atoms with Gasteiger partial charge in [-0.15, -0.1) is 11.3 Å². The number of rotatable bonds is 5. The van der Waals surface area contributed by atoms with E-state index in [0.29, 0.717) is 17.6 Å². The molecule has 0 saturated carbocycles. The third-order valence-electron chi connectivity index (χ3n) is 11.1. The largest absolute Gasteiger partial charge is 0.456 e. The van der Waals surface area contributed by atoms with E-state index in [2.05, 4.69) is 156 Å². The molecule has 5 nitrogen and oxygen atoms in total. The zero-order valence-electron chi connectivity index (χ0n) is 30.4. The summed E-state index contributed by atoms with van der Waals surface area (Å²) in [6.45, 7) is 0. The molecule has 0 aliphatic heterocycles. The van der Waals surface area contributed by atoms with E-state index in [9.17, 15) is 0 Å². The molecule has 0 atom stereocenters. The SMILES string of the molecule is c1ccc(-c2nc(-c3cccc(-c4cccc5oc6cccc(-c7cccc8sc9ccccc9c78)c6c45)c3)nc(-n3c4ccccc4c4ccccc43)n2)cc1. The van der Waals surface area contributed by atoms with Crippen LogP contribution in [0, 0.1) is 0 Å². The first-order valence-electron chi connectivity index (χ1n) is 19.0. The molecule has 57 heavy (non-hydrogen) atoms. The molecule has 0 radical (unpaired) electrons. The van der Waals surface area contributed by atoms with Crippen LogP contribution in [0.2, 0.25) is 0 Å². The molecule has 0 N–H and O–H groups in total. The van der Waals surface area contributed by atoms with Crippen molar-refractivity contribution in [2.75, 3.05) is 0 Å². The number of aromatic nitrogens is 4. The van der Waals surface area contributed by atoms with Gasteiger partial charge in [0, 0.05) is 52.8 Å². The Labute approximate surface area is 330 Å². The van der Waals surface area contributed by atoms with Crippen molar-refractivity contribution in [1.82, 2.24) is 19.5 Å². The van der Waals surface area contributed by atoms with Crippen LogP contribution in [0.4, 0.5) is 0 Å². The number of thiophene rings is 1. The molecule has 8 aromatic carbocycles. The molecule has 266 valence electrons. The molecule has 0 aliphatic carbocycles. The number of fused-ring (bicyclic) bond motifs is 9. The number of furan rings is 1. The maximum Gasteiger partial charge on any atom is 0.238 e. The van der Waals surface area contributed by atoms with Crippen molar-refractivity contribution in [2.24, 2.45) is 0 Å². The molecule has 0 bridgehead atoms. The van der Waals surface area contributed by atoms with Crippen molar-refractivity contribution in [1.29, 1.82) is 0 Å². The lowest BCUT2D eigenvalue weighted by atomic mass is 9.92. The molecule has 12 aromatic rings. The Balaban J connectivity index is 1.07. The monoisotopic (exact) mass is 746 g/mol. The van der Waals surface area contributed by atoms with Crippen molar-refractivity contribution in [3.63, 3.8) is 0 Å². The van der Waals surface area contributed by atoms with Crippen LogP contribution in [-0.2, 0) is 0 Å². The molecule has 12 rings (SSSR count). The summed E-state index contributed by atoms with van der Waals surface area (Å²) in [5, 5.41) is 7.06. The van der Waals surface area contributed by atoms with Crippen LogP contribution < -0.4 is 0 Å². The Kier molecular flexibility index (Phi) is 7.03. The first-order chi connectivity index (χ1) is 28.3.